The van der Waals surface area contributed by atoms with Crippen LogP contribution in [0.4, 0.5) is 5.69 Å². The van der Waals surface area contributed by atoms with E-state index in [2.05, 4.69) is 13.8 Å². The van der Waals surface area contributed by atoms with E-state index in [1.54, 1.807) is 48.5 Å². The van der Waals surface area contributed by atoms with Crippen LogP contribution in [0.25, 0.3) is 5.76 Å². The monoisotopic (exact) mass is 535 g/mol. The lowest BCUT2D eigenvalue weighted by atomic mass is 9.94. The number of rotatable bonds is 8. The summed E-state index contributed by atoms with van der Waals surface area (Å²) < 4.78 is 16.4. The molecular formula is C30H30ClNO6. The van der Waals surface area contributed by atoms with E-state index >= 15 is 0 Å². The van der Waals surface area contributed by atoms with Crippen LogP contribution in [0.3, 0.4) is 0 Å². The van der Waals surface area contributed by atoms with Gasteiger partial charge in [0.2, 0.25) is 0 Å². The number of halogens is 1. The third-order valence-electron chi connectivity index (χ3n) is 6.51. The number of benzene rings is 3. The lowest BCUT2D eigenvalue weighted by Crippen LogP contribution is -2.29. The van der Waals surface area contributed by atoms with Crippen molar-refractivity contribution in [1.29, 1.82) is 0 Å². The molecule has 1 unspecified atom stereocenters. The van der Waals surface area contributed by atoms with Crippen molar-refractivity contribution in [2.45, 2.75) is 32.7 Å². The number of carbonyl (C=O) groups excluding carboxylic acids is 2. The van der Waals surface area contributed by atoms with Crippen LogP contribution in [0.2, 0.25) is 5.02 Å². The molecule has 0 bridgehead atoms. The van der Waals surface area contributed by atoms with Gasteiger partial charge in [-0.2, -0.15) is 0 Å². The Bertz CT molecular complexity index is 1400. The highest BCUT2D eigenvalue weighted by Crippen LogP contribution is 2.45. The Morgan fingerprint density at radius 2 is 1.66 bits per heavy atom. The van der Waals surface area contributed by atoms with Crippen molar-refractivity contribution in [2.75, 3.05) is 25.7 Å². The molecule has 1 atom stereocenters. The van der Waals surface area contributed by atoms with E-state index in [4.69, 9.17) is 25.8 Å². The number of ketones is 1. The second-order valence-corrected chi connectivity index (χ2v) is 9.51. The standard InChI is InChI=1S/C30H30ClNO6/c1-6-38-21-12-13-23(31)22(16-21)28(33)26-27(19-9-14-24(36-4)25(15-19)37-5)32(30(35)29(26)34)20-10-7-18(8-11-20)17(2)3/h7-17,27,33H,6H2,1-5H3/b28-26+. The van der Waals surface area contributed by atoms with Crippen LogP contribution < -0.4 is 19.1 Å². The Labute approximate surface area is 227 Å². The molecule has 3 aromatic carbocycles. The average molecular weight is 536 g/mol. The number of Topliss-reactive ketones (excluding diaryl/α,β-unsaturated/α-hetero) is 1. The molecule has 198 valence electrons. The van der Waals surface area contributed by atoms with Crippen molar-refractivity contribution in [3.8, 4) is 17.2 Å². The van der Waals surface area contributed by atoms with Crippen LogP contribution in [0.15, 0.2) is 66.2 Å². The predicted molar refractivity (Wildman–Crippen MR) is 147 cm³/mol. The number of hydrogen-bond acceptors (Lipinski definition) is 6. The molecule has 4 rings (SSSR count). The number of amides is 1. The molecule has 8 heteroatoms. The number of carbonyl (C=O) groups is 2. The number of hydrogen-bond donors (Lipinski definition) is 1. The topological polar surface area (TPSA) is 85.3 Å². The van der Waals surface area contributed by atoms with E-state index in [9.17, 15) is 14.7 Å². The molecule has 1 aliphatic rings. The minimum atomic E-state index is -0.952. The highest BCUT2D eigenvalue weighted by Gasteiger charge is 2.47. The summed E-state index contributed by atoms with van der Waals surface area (Å²) in [5.74, 6) is -0.311. The first-order valence-electron chi connectivity index (χ1n) is 12.3. The maximum atomic E-state index is 13.5. The van der Waals surface area contributed by atoms with E-state index in [0.717, 1.165) is 5.56 Å². The highest BCUT2D eigenvalue weighted by atomic mass is 35.5. The third-order valence-corrected chi connectivity index (χ3v) is 6.84. The summed E-state index contributed by atoms with van der Waals surface area (Å²) >= 11 is 6.44. The smallest absolute Gasteiger partial charge is 0.300 e. The normalized spacial score (nSPS) is 16.7. The SMILES string of the molecule is CCOc1ccc(Cl)c(/C(O)=C2\C(=O)C(=O)N(c3ccc(C(C)C)cc3)C2c2ccc(OC)c(OC)c2)c1. The highest BCUT2D eigenvalue weighted by molar-refractivity contribution is 6.52. The Morgan fingerprint density at radius 1 is 0.974 bits per heavy atom. The molecule has 7 nitrogen and oxygen atoms in total. The summed E-state index contributed by atoms with van der Waals surface area (Å²) in [5.41, 5.74) is 2.26. The first-order valence-corrected chi connectivity index (χ1v) is 12.6. The maximum Gasteiger partial charge on any atom is 0.300 e. The van der Waals surface area contributed by atoms with Crippen LogP contribution in [-0.2, 0) is 9.59 Å². The van der Waals surface area contributed by atoms with Gasteiger partial charge in [0.25, 0.3) is 11.7 Å². The Kier molecular flexibility index (Phi) is 7.97. The van der Waals surface area contributed by atoms with Gasteiger partial charge in [-0.25, -0.2) is 0 Å². The van der Waals surface area contributed by atoms with E-state index in [0.29, 0.717) is 41.0 Å². The van der Waals surface area contributed by atoms with Crippen molar-refractivity contribution in [2.24, 2.45) is 0 Å². The first kappa shape index (κ1) is 27.1. The van der Waals surface area contributed by atoms with Gasteiger partial charge in [-0.15, -0.1) is 0 Å². The molecule has 1 saturated heterocycles. The minimum absolute atomic E-state index is 0.0919. The fourth-order valence-electron chi connectivity index (χ4n) is 4.54. The molecule has 0 radical (unpaired) electrons. The van der Waals surface area contributed by atoms with Gasteiger partial charge < -0.3 is 19.3 Å². The van der Waals surface area contributed by atoms with Gasteiger partial charge >= 0.3 is 0 Å². The molecule has 0 aromatic heterocycles. The van der Waals surface area contributed by atoms with Gasteiger partial charge in [0, 0.05) is 11.3 Å². The molecule has 3 aromatic rings. The summed E-state index contributed by atoms with van der Waals surface area (Å²) in [4.78, 5) is 28.4. The Hall–Kier alpha value is -3.97. The van der Waals surface area contributed by atoms with E-state index in [-0.39, 0.29) is 16.2 Å². The minimum Gasteiger partial charge on any atom is -0.507 e. The predicted octanol–water partition coefficient (Wildman–Crippen LogP) is 6.51. The molecule has 0 spiro atoms. The van der Waals surface area contributed by atoms with Crippen molar-refractivity contribution in [1.82, 2.24) is 0 Å². The largest absolute Gasteiger partial charge is 0.507 e. The molecule has 0 saturated carbocycles. The van der Waals surface area contributed by atoms with Crippen LogP contribution >= 0.6 is 11.6 Å². The number of methoxy groups -OCH3 is 2. The van der Waals surface area contributed by atoms with Crippen LogP contribution in [0.1, 0.15) is 49.4 Å². The zero-order valence-corrected chi connectivity index (χ0v) is 22.7. The summed E-state index contributed by atoms with van der Waals surface area (Å²) in [5, 5.41) is 11.7. The van der Waals surface area contributed by atoms with Gasteiger partial charge in [-0.3, -0.25) is 14.5 Å². The molecule has 1 amide bonds. The van der Waals surface area contributed by atoms with E-state index < -0.39 is 23.5 Å². The van der Waals surface area contributed by atoms with Gasteiger partial charge in [-0.1, -0.05) is 43.6 Å². The molecule has 1 aliphatic heterocycles. The summed E-state index contributed by atoms with van der Waals surface area (Å²) in [7, 11) is 3.02. The lowest BCUT2D eigenvalue weighted by molar-refractivity contribution is -0.132. The fourth-order valence-corrected chi connectivity index (χ4v) is 4.75. The van der Waals surface area contributed by atoms with Crippen molar-refractivity contribution >= 4 is 34.7 Å². The number of aliphatic hydroxyl groups excluding tert-OH is 1. The number of aliphatic hydroxyl groups is 1. The van der Waals surface area contributed by atoms with Gasteiger partial charge in [0.1, 0.15) is 11.5 Å². The molecule has 0 aliphatic carbocycles. The van der Waals surface area contributed by atoms with Gasteiger partial charge in [0.05, 0.1) is 37.5 Å². The summed E-state index contributed by atoms with van der Waals surface area (Å²) in [6.45, 7) is 6.39. The number of ether oxygens (including phenoxy) is 3. The van der Waals surface area contributed by atoms with E-state index in [1.807, 2.05) is 19.1 Å². The van der Waals surface area contributed by atoms with Gasteiger partial charge in [0.15, 0.2) is 11.5 Å². The Morgan fingerprint density at radius 3 is 2.26 bits per heavy atom. The molecular weight excluding hydrogens is 506 g/mol. The van der Waals surface area contributed by atoms with Crippen molar-refractivity contribution < 1.29 is 28.9 Å². The second-order valence-electron chi connectivity index (χ2n) is 9.10. The van der Waals surface area contributed by atoms with Gasteiger partial charge in [-0.05, 0) is 66.4 Å². The van der Waals surface area contributed by atoms with E-state index in [1.165, 1.54) is 19.1 Å². The van der Waals surface area contributed by atoms with Crippen LogP contribution in [0, 0.1) is 0 Å². The molecule has 38 heavy (non-hydrogen) atoms. The third kappa shape index (κ3) is 4.94. The number of nitrogens with zero attached hydrogens (tertiary/aromatic N) is 1. The lowest BCUT2D eigenvalue weighted by Gasteiger charge is -2.26. The van der Waals surface area contributed by atoms with Crippen LogP contribution in [0.5, 0.6) is 17.2 Å². The zero-order chi connectivity index (χ0) is 27.6. The molecule has 1 fully saturated rings. The first-order chi connectivity index (χ1) is 18.2. The summed E-state index contributed by atoms with van der Waals surface area (Å²) in [6, 6.07) is 16.4. The fraction of sp³-hybridized carbons (Fsp3) is 0.267. The molecule has 1 heterocycles. The zero-order valence-electron chi connectivity index (χ0n) is 21.9. The number of anilines is 1. The average Bonchev–Trinajstić information content (AvgIpc) is 3.19. The van der Waals surface area contributed by atoms with Crippen molar-refractivity contribution in [3.63, 3.8) is 0 Å². The Balaban J connectivity index is 1.96. The van der Waals surface area contributed by atoms with Crippen molar-refractivity contribution in [3.05, 3.63) is 87.9 Å². The second kappa shape index (κ2) is 11.2. The molecule has 1 N–H and O–H groups in total. The quantitative estimate of drug-likeness (QED) is 0.201. The summed E-state index contributed by atoms with van der Waals surface area (Å²) in [6.07, 6.45) is 0. The van der Waals surface area contributed by atoms with Crippen LogP contribution in [-0.4, -0.2) is 37.6 Å². The maximum absolute atomic E-state index is 13.5.